The van der Waals surface area contributed by atoms with Crippen molar-refractivity contribution >= 4 is 11.6 Å². The molecule has 3 heterocycles. The number of rotatable bonds is 1. The van der Waals surface area contributed by atoms with Gasteiger partial charge in [0.05, 0.1) is 28.1 Å². The van der Waals surface area contributed by atoms with Crippen LogP contribution in [0.3, 0.4) is 0 Å². The van der Waals surface area contributed by atoms with Crippen LogP contribution in [-0.2, 0) is 5.41 Å². The van der Waals surface area contributed by atoms with Gasteiger partial charge in [-0.2, -0.15) is 0 Å². The van der Waals surface area contributed by atoms with Crippen LogP contribution in [0.5, 0.6) is 0 Å². The third-order valence-corrected chi connectivity index (χ3v) is 4.24. The summed E-state index contributed by atoms with van der Waals surface area (Å²) >= 11 is 0. The van der Waals surface area contributed by atoms with Crippen molar-refractivity contribution in [1.82, 2.24) is 9.97 Å². The highest BCUT2D eigenvalue weighted by atomic mass is 16.2. The summed E-state index contributed by atoms with van der Waals surface area (Å²) in [4.78, 5) is 23.4. The van der Waals surface area contributed by atoms with Gasteiger partial charge in [0.25, 0.3) is 5.91 Å². The number of amides is 1. The fourth-order valence-corrected chi connectivity index (χ4v) is 2.85. The summed E-state index contributed by atoms with van der Waals surface area (Å²) in [5.74, 6) is -0.0282. The molecule has 1 aliphatic heterocycles. The molecule has 4 heteroatoms. The number of anilines is 1. The van der Waals surface area contributed by atoms with Gasteiger partial charge in [-0.15, -0.1) is 0 Å². The first-order valence-corrected chi connectivity index (χ1v) is 6.78. The molecule has 4 nitrogen and oxygen atoms in total. The van der Waals surface area contributed by atoms with E-state index in [0.29, 0.717) is 5.56 Å². The summed E-state index contributed by atoms with van der Waals surface area (Å²) in [5, 5.41) is 0. The molecule has 20 heavy (non-hydrogen) atoms. The van der Waals surface area contributed by atoms with Crippen molar-refractivity contribution in [2.24, 2.45) is 0 Å². The van der Waals surface area contributed by atoms with Crippen molar-refractivity contribution in [2.45, 2.75) is 25.7 Å². The summed E-state index contributed by atoms with van der Waals surface area (Å²) in [6.07, 6.45) is 4.36. The molecule has 0 bridgehead atoms. The van der Waals surface area contributed by atoms with Gasteiger partial charge in [0.15, 0.2) is 0 Å². The molecule has 1 unspecified atom stereocenters. The number of carbonyl (C=O) groups is 1. The maximum Gasteiger partial charge on any atom is 0.259 e. The van der Waals surface area contributed by atoms with Crippen LogP contribution in [0.2, 0.25) is 0 Å². The van der Waals surface area contributed by atoms with Crippen LogP contribution in [0, 0.1) is 0 Å². The van der Waals surface area contributed by atoms with Crippen LogP contribution < -0.4 is 4.90 Å². The molecule has 1 amide bonds. The van der Waals surface area contributed by atoms with E-state index < -0.39 is 0 Å². The van der Waals surface area contributed by atoms with Crippen molar-refractivity contribution in [2.75, 3.05) is 11.9 Å². The Morgan fingerprint density at radius 2 is 1.80 bits per heavy atom. The average Bonchev–Trinajstić information content (AvgIpc) is 2.58. The highest BCUT2D eigenvalue weighted by Crippen LogP contribution is 2.42. The highest BCUT2D eigenvalue weighted by molar-refractivity contribution is 6.08. The first kappa shape index (κ1) is 12.8. The van der Waals surface area contributed by atoms with E-state index in [1.807, 2.05) is 24.3 Å². The topological polar surface area (TPSA) is 46.1 Å². The van der Waals surface area contributed by atoms with Crippen LogP contribution in [-0.4, -0.2) is 22.9 Å². The van der Waals surface area contributed by atoms with Crippen molar-refractivity contribution < 1.29 is 4.79 Å². The van der Waals surface area contributed by atoms with Crippen molar-refractivity contribution in [1.29, 1.82) is 0 Å². The third-order valence-electron chi connectivity index (χ3n) is 4.24. The standard InChI is InChI=1S/C16H17N3O/c1-4-16(2)13-11(7-5-9-17-13)15(20)19(3)12-8-6-10-18-14(12)16/h5-10H,4H2,1-3H3. The van der Waals surface area contributed by atoms with E-state index in [-0.39, 0.29) is 11.3 Å². The molecule has 0 fully saturated rings. The van der Waals surface area contributed by atoms with Gasteiger partial charge in [-0.05, 0) is 37.6 Å². The maximum atomic E-state index is 12.7. The predicted octanol–water partition coefficient (Wildman–Crippen LogP) is 2.78. The Balaban J connectivity index is 2.40. The zero-order chi connectivity index (χ0) is 14.3. The number of pyridine rings is 2. The molecule has 0 saturated heterocycles. The molecule has 0 aliphatic carbocycles. The maximum absolute atomic E-state index is 12.7. The van der Waals surface area contributed by atoms with Gasteiger partial charge in [-0.1, -0.05) is 6.92 Å². The first-order valence-electron chi connectivity index (χ1n) is 6.78. The molecular formula is C16H17N3O. The van der Waals surface area contributed by atoms with Gasteiger partial charge >= 0.3 is 0 Å². The minimum atomic E-state index is -0.354. The fourth-order valence-electron chi connectivity index (χ4n) is 2.85. The number of nitrogens with zero attached hydrogens (tertiary/aromatic N) is 3. The van der Waals surface area contributed by atoms with Gasteiger partial charge in [0, 0.05) is 19.4 Å². The second-order valence-electron chi connectivity index (χ2n) is 5.32. The lowest BCUT2D eigenvalue weighted by molar-refractivity contribution is 0.0992. The Labute approximate surface area is 118 Å². The summed E-state index contributed by atoms with van der Waals surface area (Å²) in [5.41, 5.74) is 2.90. The van der Waals surface area contributed by atoms with Crippen LogP contribution in [0.4, 0.5) is 5.69 Å². The monoisotopic (exact) mass is 267 g/mol. The lowest BCUT2D eigenvalue weighted by Gasteiger charge is -2.28. The smallest absolute Gasteiger partial charge is 0.259 e. The Kier molecular flexibility index (Phi) is 2.82. The Morgan fingerprint density at radius 3 is 2.50 bits per heavy atom. The lowest BCUT2D eigenvalue weighted by atomic mass is 9.78. The fraction of sp³-hybridized carbons (Fsp3) is 0.312. The van der Waals surface area contributed by atoms with Crippen molar-refractivity contribution in [3.05, 3.63) is 53.6 Å². The molecule has 0 radical (unpaired) electrons. The largest absolute Gasteiger partial charge is 0.310 e. The number of hydrogen-bond acceptors (Lipinski definition) is 3. The Morgan fingerprint density at radius 1 is 1.15 bits per heavy atom. The summed E-state index contributed by atoms with van der Waals surface area (Å²) in [7, 11) is 1.79. The van der Waals surface area contributed by atoms with Crippen LogP contribution in [0.15, 0.2) is 36.7 Å². The molecule has 2 aromatic rings. The zero-order valence-electron chi connectivity index (χ0n) is 11.9. The van der Waals surface area contributed by atoms with Crippen LogP contribution >= 0.6 is 0 Å². The molecule has 2 aromatic heterocycles. The second kappa shape index (κ2) is 4.40. The highest BCUT2D eigenvalue weighted by Gasteiger charge is 2.40. The van der Waals surface area contributed by atoms with Gasteiger partial charge in [0.1, 0.15) is 0 Å². The molecule has 3 rings (SSSR count). The summed E-state index contributed by atoms with van der Waals surface area (Å²) in [6, 6.07) is 7.47. The third kappa shape index (κ3) is 1.57. The predicted molar refractivity (Wildman–Crippen MR) is 78.0 cm³/mol. The molecule has 0 N–H and O–H groups in total. The van der Waals surface area contributed by atoms with E-state index in [2.05, 4.69) is 23.8 Å². The van der Waals surface area contributed by atoms with E-state index in [9.17, 15) is 4.79 Å². The van der Waals surface area contributed by atoms with Gasteiger partial charge in [0.2, 0.25) is 0 Å². The molecule has 0 aromatic carbocycles. The van der Waals surface area contributed by atoms with E-state index in [0.717, 1.165) is 23.5 Å². The van der Waals surface area contributed by atoms with E-state index in [4.69, 9.17) is 0 Å². The number of fused-ring (bicyclic) bond motifs is 2. The van der Waals surface area contributed by atoms with Crippen molar-refractivity contribution in [3.8, 4) is 0 Å². The van der Waals surface area contributed by atoms with E-state index in [1.54, 1.807) is 24.3 Å². The number of hydrogen-bond donors (Lipinski definition) is 0. The quantitative estimate of drug-likeness (QED) is 0.798. The van der Waals surface area contributed by atoms with Gasteiger partial charge < -0.3 is 4.90 Å². The molecular weight excluding hydrogens is 250 g/mol. The Hall–Kier alpha value is -2.23. The van der Waals surface area contributed by atoms with Gasteiger partial charge in [-0.3, -0.25) is 14.8 Å². The van der Waals surface area contributed by atoms with Gasteiger partial charge in [-0.25, -0.2) is 0 Å². The summed E-state index contributed by atoms with van der Waals surface area (Å²) < 4.78 is 0. The second-order valence-corrected chi connectivity index (χ2v) is 5.32. The minimum absolute atomic E-state index is 0.0282. The molecule has 1 aliphatic rings. The molecule has 0 saturated carbocycles. The zero-order valence-corrected chi connectivity index (χ0v) is 11.9. The first-order chi connectivity index (χ1) is 9.59. The molecule has 102 valence electrons. The molecule has 0 spiro atoms. The van der Waals surface area contributed by atoms with Crippen LogP contribution in [0.25, 0.3) is 0 Å². The normalized spacial score (nSPS) is 21.1. The number of carbonyl (C=O) groups excluding carboxylic acids is 1. The van der Waals surface area contributed by atoms with E-state index >= 15 is 0 Å². The lowest BCUT2D eigenvalue weighted by Crippen LogP contribution is -2.26. The molecule has 1 atom stereocenters. The van der Waals surface area contributed by atoms with Crippen molar-refractivity contribution in [3.63, 3.8) is 0 Å². The van der Waals surface area contributed by atoms with E-state index in [1.165, 1.54) is 0 Å². The minimum Gasteiger partial charge on any atom is -0.310 e. The number of aromatic nitrogens is 2. The average molecular weight is 267 g/mol. The Bertz CT molecular complexity index is 683. The summed E-state index contributed by atoms with van der Waals surface area (Å²) in [6.45, 7) is 4.21. The SMILES string of the molecule is CCC1(C)c2ncccc2C(=O)N(C)c2cccnc21. The van der Waals surface area contributed by atoms with Crippen LogP contribution in [0.1, 0.15) is 42.0 Å².